The Morgan fingerprint density at radius 3 is 2.56 bits per heavy atom. The van der Waals surface area contributed by atoms with Gasteiger partial charge in [-0.3, -0.25) is 10.2 Å². The van der Waals surface area contributed by atoms with Crippen LogP contribution in [0.2, 0.25) is 0 Å². The van der Waals surface area contributed by atoms with Gasteiger partial charge in [-0.15, -0.1) is 0 Å². The molecule has 1 aromatic rings. The number of nitrogens with zero attached hydrogens (tertiary/aromatic N) is 1. The Balaban J connectivity index is 2.96. The molecule has 1 aromatic heterocycles. The molecule has 88 valence electrons. The van der Waals surface area contributed by atoms with Crippen molar-refractivity contribution in [1.29, 1.82) is 0 Å². The summed E-state index contributed by atoms with van der Waals surface area (Å²) in [5, 5.41) is 0. The van der Waals surface area contributed by atoms with Gasteiger partial charge < -0.3 is 0 Å². The number of alkyl halides is 3. The highest BCUT2D eigenvalue weighted by Crippen LogP contribution is 2.28. The van der Waals surface area contributed by atoms with E-state index in [1.165, 1.54) is 13.0 Å². The van der Waals surface area contributed by atoms with Gasteiger partial charge in [0, 0.05) is 5.69 Å². The molecule has 0 aliphatic rings. The Kier molecular flexibility index (Phi) is 3.48. The van der Waals surface area contributed by atoms with Crippen LogP contribution in [0.4, 0.5) is 13.2 Å². The average Bonchev–Trinajstić information content (AvgIpc) is 2.19. The molecule has 0 unspecified atom stereocenters. The van der Waals surface area contributed by atoms with Crippen molar-refractivity contribution in [2.75, 3.05) is 0 Å². The first-order chi connectivity index (χ1) is 7.34. The van der Waals surface area contributed by atoms with Gasteiger partial charge in [0.25, 0.3) is 0 Å². The normalized spacial score (nSPS) is 11.3. The predicted molar refractivity (Wildman–Crippen MR) is 50.0 cm³/mol. The van der Waals surface area contributed by atoms with Crippen LogP contribution >= 0.6 is 0 Å². The van der Waals surface area contributed by atoms with E-state index in [1.54, 1.807) is 0 Å². The van der Waals surface area contributed by atoms with Crippen LogP contribution in [-0.2, 0) is 17.4 Å². The molecular weight excluding hydrogens is 223 g/mol. The van der Waals surface area contributed by atoms with Crippen molar-refractivity contribution in [2.24, 2.45) is 5.84 Å². The first-order valence-corrected chi connectivity index (χ1v) is 4.37. The lowest BCUT2D eigenvalue weighted by Gasteiger charge is -2.09. The zero-order chi connectivity index (χ0) is 12.3. The van der Waals surface area contributed by atoms with Gasteiger partial charge in [-0.1, -0.05) is 6.07 Å². The molecule has 3 N–H and O–H groups in total. The van der Waals surface area contributed by atoms with Crippen molar-refractivity contribution in [3.8, 4) is 0 Å². The van der Waals surface area contributed by atoms with Crippen LogP contribution in [0.25, 0.3) is 0 Å². The summed E-state index contributed by atoms with van der Waals surface area (Å²) in [5.74, 6) is 4.39. The van der Waals surface area contributed by atoms with Crippen molar-refractivity contribution in [2.45, 2.75) is 19.5 Å². The van der Waals surface area contributed by atoms with Crippen LogP contribution in [0.5, 0.6) is 0 Å². The molecule has 0 atom stereocenters. The monoisotopic (exact) mass is 233 g/mol. The summed E-state index contributed by atoms with van der Waals surface area (Å²) < 4.78 is 36.8. The van der Waals surface area contributed by atoms with E-state index in [2.05, 4.69) is 4.98 Å². The molecular formula is C9H10F3N3O. The van der Waals surface area contributed by atoms with Gasteiger partial charge in [-0.25, -0.2) is 10.8 Å². The van der Waals surface area contributed by atoms with Gasteiger partial charge in [0.05, 0.1) is 6.42 Å². The Labute approximate surface area is 89.6 Å². The Morgan fingerprint density at radius 2 is 2.12 bits per heavy atom. The van der Waals surface area contributed by atoms with Crippen molar-refractivity contribution >= 4 is 5.91 Å². The summed E-state index contributed by atoms with van der Waals surface area (Å²) >= 11 is 0. The third-order valence-corrected chi connectivity index (χ3v) is 2.00. The molecule has 4 nitrogen and oxygen atoms in total. The van der Waals surface area contributed by atoms with Crippen LogP contribution in [0.1, 0.15) is 17.0 Å². The summed E-state index contributed by atoms with van der Waals surface area (Å²) in [7, 11) is 0. The minimum absolute atomic E-state index is 0.0898. The van der Waals surface area contributed by atoms with Gasteiger partial charge in [0.2, 0.25) is 5.91 Å². The molecule has 0 radical (unpaired) electrons. The topological polar surface area (TPSA) is 68.0 Å². The highest BCUT2D eigenvalue weighted by molar-refractivity contribution is 5.78. The molecule has 1 heterocycles. The fraction of sp³-hybridized carbons (Fsp3) is 0.333. The molecule has 0 aliphatic carbocycles. The number of nitrogens with two attached hydrogens (primary N) is 1. The first kappa shape index (κ1) is 12.4. The fourth-order valence-corrected chi connectivity index (χ4v) is 1.16. The lowest BCUT2D eigenvalue weighted by atomic mass is 10.1. The van der Waals surface area contributed by atoms with E-state index in [-0.39, 0.29) is 12.1 Å². The van der Waals surface area contributed by atoms with Gasteiger partial charge in [0.15, 0.2) is 0 Å². The van der Waals surface area contributed by atoms with Crippen LogP contribution < -0.4 is 11.3 Å². The van der Waals surface area contributed by atoms with Crippen molar-refractivity contribution in [1.82, 2.24) is 10.4 Å². The zero-order valence-corrected chi connectivity index (χ0v) is 8.43. The van der Waals surface area contributed by atoms with E-state index >= 15 is 0 Å². The molecule has 0 saturated heterocycles. The maximum Gasteiger partial charge on any atom is 0.433 e. The smallest absolute Gasteiger partial charge is 0.294 e. The maximum atomic E-state index is 12.3. The Hall–Kier alpha value is -1.63. The Bertz CT molecular complexity index is 403. The molecule has 16 heavy (non-hydrogen) atoms. The quantitative estimate of drug-likeness (QED) is 0.454. The largest absolute Gasteiger partial charge is 0.433 e. The number of hydrazine groups is 1. The maximum absolute atomic E-state index is 12.3. The van der Waals surface area contributed by atoms with Crippen molar-refractivity contribution < 1.29 is 18.0 Å². The van der Waals surface area contributed by atoms with E-state index in [4.69, 9.17) is 5.84 Å². The molecule has 1 amide bonds. The van der Waals surface area contributed by atoms with Crippen LogP contribution in [0.3, 0.4) is 0 Å². The number of pyridine rings is 1. The molecule has 0 fully saturated rings. The van der Waals surface area contributed by atoms with Crippen LogP contribution in [0.15, 0.2) is 12.1 Å². The van der Waals surface area contributed by atoms with E-state index < -0.39 is 17.8 Å². The lowest BCUT2D eigenvalue weighted by Crippen LogP contribution is -2.31. The highest BCUT2D eigenvalue weighted by Gasteiger charge is 2.32. The highest BCUT2D eigenvalue weighted by atomic mass is 19.4. The van der Waals surface area contributed by atoms with Gasteiger partial charge in [-0.05, 0) is 18.6 Å². The second kappa shape index (κ2) is 4.48. The third kappa shape index (κ3) is 2.93. The minimum Gasteiger partial charge on any atom is -0.294 e. The average molecular weight is 233 g/mol. The van der Waals surface area contributed by atoms with Gasteiger partial charge >= 0.3 is 6.18 Å². The molecule has 0 saturated carbocycles. The number of carbonyl (C=O) groups excluding carboxylic acids is 1. The predicted octanol–water partition coefficient (Wildman–Crippen LogP) is 0.941. The second-order valence-corrected chi connectivity index (χ2v) is 3.18. The number of amides is 1. The first-order valence-electron chi connectivity index (χ1n) is 4.37. The third-order valence-electron chi connectivity index (χ3n) is 2.00. The molecule has 0 spiro atoms. The van der Waals surface area contributed by atoms with E-state index in [1.807, 2.05) is 5.43 Å². The molecule has 7 heteroatoms. The number of nitrogens with one attached hydrogen (secondary N) is 1. The molecule has 0 aromatic carbocycles. The summed E-state index contributed by atoms with van der Waals surface area (Å²) in [5.41, 5.74) is 1.50. The van der Waals surface area contributed by atoms with Crippen molar-refractivity contribution in [3.05, 3.63) is 29.1 Å². The number of aromatic nitrogens is 1. The van der Waals surface area contributed by atoms with Crippen LogP contribution in [-0.4, -0.2) is 10.9 Å². The van der Waals surface area contributed by atoms with Gasteiger partial charge in [0.1, 0.15) is 5.69 Å². The second-order valence-electron chi connectivity index (χ2n) is 3.18. The fourth-order valence-electron chi connectivity index (χ4n) is 1.16. The SMILES string of the molecule is Cc1nc(C(F)(F)F)ccc1CC(=O)NN. The van der Waals surface area contributed by atoms with E-state index in [9.17, 15) is 18.0 Å². The van der Waals surface area contributed by atoms with Gasteiger partial charge in [-0.2, -0.15) is 13.2 Å². The number of hydrogen-bond acceptors (Lipinski definition) is 3. The number of carbonyl (C=O) groups is 1. The standard InChI is InChI=1S/C9H10F3N3O/c1-5-6(4-8(16)15-13)2-3-7(14-5)9(10,11)12/h2-3H,4,13H2,1H3,(H,15,16). The summed E-state index contributed by atoms with van der Waals surface area (Å²) in [4.78, 5) is 14.3. The number of hydrogen-bond donors (Lipinski definition) is 2. The molecule has 1 rings (SSSR count). The van der Waals surface area contributed by atoms with E-state index in [0.717, 1.165) is 6.07 Å². The summed E-state index contributed by atoms with van der Waals surface area (Å²) in [6, 6.07) is 2.06. The zero-order valence-electron chi connectivity index (χ0n) is 8.43. The summed E-state index contributed by atoms with van der Waals surface area (Å²) in [6.45, 7) is 1.41. The molecule has 0 bridgehead atoms. The number of rotatable bonds is 2. The lowest BCUT2D eigenvalue weighted by molar-refractivity contribution is -0.141. The summed E-state index contributed by atoms with van der Waals surface area (Å²) in [6.07, 6.45) is -4.56. The van der Waals surface area contributed by atoms with Crippen LogP contribution in [0, 0.1) is 6.92 Å². The minimum atomic E-state index is -4.47. The molecule has 0 aliphatic heterocycles. The van der Waals surface area contributed by atoms with E-state index in [0.29, 0.717) is 5.56 Å². The number of halogens is 3. The van der Waals surface area contributed by atoms with Crippen molar-refractivity contribution in [3.63, 3.8) is 0 Å². The Morgan fingerprint density at radius 1 is 1.50 bits per heavy atom. The number of aryl methyl sites for hydroxylation is 1.